The summed E-state index contributed by atoms with van der Waals surface area (Å²) in [5.74, 6) is -0.722. The SMILES string of the molecule is O=C(CN1CCC(O)(c2cccnc2)CC1)Nc1ccc(F)c(Cl)c1. The maximum absolute atomic E-state index is 13.1. The number of aliphatic hydroxyl groups is 1. The van der Waals surface area contributed by atoms with Crippen molar-refractivity contribution < 1.29 is 14.3 Å². The number of hydrogen-bond acceptors (Lipinski definition) is 4. The van der Waals surface area contributed by atoms with Crippen LogP contribution >= 0.6 is 11.6 Å². The molecule has 0 aliphatic carbocycles. The van der Waals surface area contributed by atoms with Crippen LogP contribution in [0.4, 0.5) is 10.1 Å². The second-order valence-corrected chi connectivity index (χ2v) is 6.63. The van der Waals surface area contributed by atoms with E-state index in [0.29, 0.717) is 31.6 Å². The summed E-state index contributed by atoms with van der Waals surface area (Å²) in [5.41, 5.74) is 0.367. The molecule has 0 spiro atoms. The molecular formula is C18H19ClFN3O2. The maximum Gasteiger partial charge on any atom is 0.238 e. The van der Waals surface area contributed by atoms with Gasteiger partial charge in [-0.15, -0.1) is 0 Å². The molecule has 2 aromatic rings. The summed E-state index contributed by atoms with van der Waals surface area (Å²) >= 11 is 5.71. The molecule has 1 aliphatic heterocycles. The molecule has 132 valence electrons. The van der Waals surface area contributed by atoms with Crippen LogP contribution in [0, 0.1) is 5.82 Å². The second-order valence-electron chi connectivity index (χ2n) is 6.23. The number of benzene rings is 1. The number of aromatic nitrogens is 1. The molecule has 1 aromatic heterocycles. The van der Waals surface area contributed by atoms with Gasteiger partial charge < -0.3 is 10.4 Å². The molecule has 0 unspecified atom stereocenters. The number of nitrogens with zero attached hydrogens (tertiary/aromatic N) is 2. The number of rotatable bonds is 4. The van der Waals surface area contributed by atoms with E-state index < -0.39 is 11.4 Å². The highest BCUT2D eigenvalue weighted by atomic mass is 35.5. The molecule has 1 saturated heterocycles. The van der Waals surface area contributed by atoms with Crippen molar-refractivity contribution in [2.24, 2.45) is 0 Å². The van der Waals surface area contributed by atoms with Crippen molar-refractivity contribution in [1.82, 2.24) is 9.88 Å². The van der Waals surface area contributed by atoms with Crippen LogP contribution in [0.25, 0.3) is 0 Å². The molecule has 3 rings (SSSR count). The molecule has 25 heavy (non-hydrogen) atoms. The second kappa shape index (κ2) is 7.47. The molecule has 0 radical (unpaired) electrons. The largest absolute Gasteiger partial charge is 0.385 e. The zero-order chi connectivity index (χ0) is 17.9. The number of carbonyl (C=O) groups is 1. The predicted octanol–water partition coefficient (Wildman–Crippen LogP) is 2.80. The molecule has 1 aromatic carbocycles. The van der Waals surface area contributed by atoms with Crippen LogP contribution < -0.4 is 5.32 Å². The molecule has 5 nitrogen and oxygen atoms in total. The lowest BCUT2D eigenvalue weighted by molar-refractivity contribution is -0.118. The molecule has 1 fully saturated rings. The fourth-order valence-electron chi connectivity index (χ4n) is 2.99. The number of halogens is 2. The van der Waals surface area contributed by atoms with Gasteiger partial charge in [-0.2, -0.15) is 0 Å². The lowest BCUT2D eigenvalue weighted by Crippen LogP contribution is -2.45. The maximum atomic E-state index is 13.1. The molecule has 7 heteroatoms. The molecule has 2 heterocycles. The average Bonchev–Trinajstić information content (AvgIpc) is 2.61. The number of carbonyl (C=O) groups excluding carboxylic acids is 1. The molecule has 0 atom stereocenters. The Morgan fingerprint density at radius 3 is 2.76 bits per heavy atom. The summed E-state index contributed by atoms with van der Waals surface area (Å²) in [6.45, 7) is 1.41. The standard InChI is InChI=1S/C18H19ClFN3O2/c19-15-10-14(3-4-16(15)20)22-17(24)12-23-8-5-18(25,6-9-23)13-2-1-7-21-11-13/h1-4,7,10-11,25H,5-6,8-9,12H2,(H,22,24). The van der Waals surface area contributed by atoms with E-state index in [4.69, 9.17) is 11.6 Å². The van der Waals surface area contributed by atoms with Gasteiger partial charge >= 0.3 is 0 Å². The quantitative estimate of drug-likeness (QED) is 0.876. The van der Waals surface area contributed by atoms with Gasteiger partial charge in [0.2, 0.25) is 5.91 Å². The first-order valence-electron chi connectivity index (χ1n) is 8.06. The number of hydrogen-bond donors (Lipinski definition) is 2. The van der Waals surface area contributed by atoms with Crippen LogP contribution in [0.15, 0.2) is 42.7 Å². The van der Waals surface area contributed by atoms with Crippen molar-refractivity contribution in [3.63, 3.8) is 0 Å². The Kier molecular flexibility index (Phi) is 5.32. The zero-order valence-electron chi connectivity index (χ0n) is 13.6. The van der Waals surface area contributed by atoms with E-state index in [1.807, 2.05) is 11.0 Å². The van der Waals surface area contributed by atoms with Gasteiger partial charge in [0.1, 0.15) is 5.82 Å². The molecule has 1 aliphatic rings. The highest BCUT2D eigenvalue weighted by Gasteiger charge is 2.34. The summed E-state index contributed by atoms with van der Waals surface area (Å²) in [4.78, 5) is 18.2. The van der Waals surface area contributed by atoms with E-state index in [-0.39, 0.29) is 17.5 Å². The topological polar surface area (TPSA) is 65.5 Å². The summed E-state index contributed by atoms with van der Waals surface area (Å²) in [7, 11) is 0. The monoisotopic (exact) mass is 363 g/mol. The highest BCUT2D eigenvalue weighted by molar-refractivity contribution is 6.31. The van der Waals surface area contributed by atoms with Gasteiger partial charge in [0.15, 0.2) is 0 Å². The molecule has 1 amide bonds. The van der Waals surface area contributed by atoms with Crippen LogP contribution in [0.3, 0.4) is 0 Å². The summed E-state index contributed by atoms with van der Waals surface area (Å²) in [5, 5.41) is 13.4. The lowest BCUT2D eigenvalue weighted by Gasteiger charge is -2.38. The minimum Gasteiger partial charge on any atom is -0.385 e. The van der Waals surface area contributed by atoms with Gasteiger partial charge in [-0.05, 0) is 37.1 Å². The summed E-state index contributed by atoms with van der Waals surface area (Å²) in [6, 6.07) is 7.74. The number of amides is 1. The number of nitrogens with one attached hydrogen (secondary N) is 1. The van der Waals surface area contributed by atoms with E-state index >= 15 is 0 Å². The zero-order valence-corrected chi connectivity index (χ0v) is 14.3. The first-order chi connectivity index (χ1) is 12.0. The normalized spacial score (nSPS) is 17.2. The van der Waals surface area contributed by atoms with Crippen molar-refractivity contribution >= 4 is 23.2 Å². The summed E-state index contributed by atoms with van der Waals surface area (Å²) in [6.07, 6.45) is 4.43. The van der Waals surface area contributed by atoms with Crippen molar-refractivity contribution in [3.8, 4) is 0 Å². The van der Waals surface area contributed by atoms with Crippen molar-refractivity contribution in [1.29, 1.82) is 0 Å². The number of pyridine rings is 1. The predicted molar refractivity (Wildman–Crippen MR) is 93.8 cm³/mol. The third kappa shape index (κ3) is 4.34. The van der Waals surface area contributed by atoms with Crippen molar-refractivity contribution in [2.45, 2.75) is 18.4 Å². The average molecular weight is 364 g/mol. The van der Waals surface area contributed by atoms with Crippen molar-refractivity contribution in [2.75, 3.05) is 25.0 Å². The van der Waals surface area contributed by atoms with Gasteiger partial charge in [0.25, 0.3) is 0 Å². The van der Waals surface area contributed by atoms with Gasteiger partial charge in [-0.3, -0.25) is 14.7 Å². The van der Waals surface area contributed by atoms with Crippen LogP contribution in [0.5, 0.6) is 0 Å². The Morgan fingerprint density at radius 1 is 1.36 bits per heavy atom. The van der Waals surface area contributed by atoms with Crippen LogP contribution in [0.1, 0.15) is 18.4 Å². The molecule has 0 bridgehead atoms. The van der Waals surface area contributed by atoms with E-state index in [0.717, 1.165) is 5.56 Å². The number of piperidine rings is 1. The van der Waals surface area contributed by atoms with Crippen LogP contribution in [-0.4, -0.2) is 40.5 Å². The minimum absolute atomic E-state index is 0.0303. The summed E-state index contributed by atoms with van der Waals surface area (Å²) < 4.78 is 13.1. The number of likely N-dealkylation sites (tertiary alicyclic amines) is 1. The third-order valence-corrected chi connectivity index (χ3v) is 4.74. The molecule has 0 saturated carbocycles. The highest BCUT2D eigenvalue weighted by Crippen LogP contribution is 2.32. The van der Waals surface area contributed by atoms with Crippen molar-refractivity contribution in [3.05, 3.63) is 59.1 Å². The molecule has 2 N–H and O–H groups in total. The third-order valence-electron chi connectivity index (χ3n) is 4.45. The minimum atomic E-state index is -0.897. The molecular weight excluding hydrogens is 345 g/mol. The van der Waals surface area contributed by atoms with Gasteiger partial charge in [0.05, 0.1) is 17.2 Å². The Hall–Kier alpha value is -2.02. The Morgan fingerprint density at radius 2 is 2.12 bits per heavy atom. The first-order valence-corrected chi connectivity index (χ1v) is 8.44. The Bertz CT molecular complexity index is 749. The Labute approximate surface area is 150 Å². The van der Waals surface area contributed by atoms with Gasteiger partial charge in [-0.25, -0.2) is 4.39 Å². The fourth-order valence-corrected chi connectivity index (χ4v) is 3.17. The number of anilines is 1. The Balaban J connectivity index is 1.53. The van der Waals surface area contributed by atoms with Gasteiger partial charge in [0, 0.05) is 36.7 Å². The van der Waals surface area contributed by atoms with Crippen LogP contribution in [-0.2, 0) is 10.4 Å². The smallest absolute Gasteiger partial charge is 0.238 e. The van der Waals surface area contributed by atoms with E-state index in [9.17, 15) is 14.3 Å². The van der Waals surface area contributed by atoms with E-state index in [1.165, 1.54) is 18.2 Å². The van der Waals surface area contributed by atoms with E-state index in [1.54, 1.807) is 18.5 Å². The van der Waals surface area contributed by atoms with Gasteiger partial charge in [-0.1, -0.05) is 17.7 Å². The van der Waals surface area contributed by atoms with E-state index in [2.05, 4.69) is 10.3 Å². The first kappa shape index (κ1) is 17.8. The fraction of sp³-hybridized carbons (Fsp3) is 0.333. The lowest BCUT2D eigenvalue weighted by atomic mass is 9.85. The van der Waals surface area contributed by atoms with Crippen LogP contribution in [0.2, 0.25) is 5.02 Å².